The number of pyridine rings is 1. The summed E-state index contributed by atoms with van der Waals surface area (Å²) in [5, 5.41) is 7.09. The monoisotopic (exact) mass is 278 g/mol. The molecule has 2 aromatic heterocycles. The zero-order valence-electron chi connectivity index (χ0n) is 9.83. The lowest BCUT2D eigenvalue weighted by Crippen LogP contribution is -2.26. The van der Waals surface area contributed by atoms with Gasteiger partial charge in [-0.25, -0.2) is 0 Å². The summed E-state index contributed by atoms with van der Waals surface area (Å²) in [5.41, 5.74) is 1.82. The molecule has 0 aliphatic carbocycles. The van der Waals surface area contributed by atoms with Crippen molar-refractivity contribution in [2.45, 2.75) is 5.75 Å². The summed E-state index contributed by atoms with van der Waals surface area (Å²) in [4.78, 5) is 15.7. The van der Waals surface area contributed by atoms with Crippen LogP contribution in [0.4, 0.5) is 0 Å². The molecule has 2 rings (SSSR count). The fraction of sp³-hybridized carbons (Fsp3) is 0.231. The van der Waals surface area contributed by atoms with Crippen molar-refractivity contribution in [3.05, 3.63) is 52.5 Å². The van der Waals surface area contributed by atoms with E-state index >= 15 is 0 Å². The van der Waals surface area contributed by atoms with Gasteiger partial charge < -0.3 is 5.32 Å². The van der Waals surface area contributed by atoms with E-state index in [9.17, 15) is 4.79 Å². The largest absolute Gasteiger partial charge is 0.350 e. The summed E-state index contributed by atoms with van der Waals surface area (Å²) in [6.45, 7) is 0.671. The Hall–Kier alpha value is -1.33. The van der Waals surface area contributed by atoms with Gasteiger partial charge in [0.05, 0.1) is 0 Å². The predicted octanol–water partition coefficient (Wildman–Crippen LogP) is 2.81. The van der Waals surface area contributed by atoms with Gasteiger partial charge in [-0.15, -0.1) is 0 Å². The first-order valence-electron chi connectivity index (χ1n) is 5.64. The van der Waals surface area contributed by atoms with Gasteiger partial charge in [-0.05, 0) is 34.5 Å². The van der Waals surface area contributed by atoms with Gasteiger partial charge in [0.15, 0.2) is 0 Å². The number of hydrogen-bond donors (Lipinski definition) is 1. The molecule has 5 heteroatoms. The standard InChI is InChI=1S/C13H14N2OS2/c16-13(12-3-1-2-5-14-12)15-6-8-18-10-11-4-7-17-9-11/h1-5,7,9H,6,8,10H2,(H,15,16). The lowest BCUT2D eigenvalue weighted by Gasteiger charge is -2.04. The summed E-state index contributed by atoms with van der Waals surface area (Å²) in [5.74, 6) is 1.81. The normalized spacial score (nSPS) is 10.2. The minimum absolute atomic E-state index is 0.105. The van der Waals surface area contributed by atoms with Gasteiger partial charge in [-0.2, -0.15) is 23.1 Å². The van der Waals surface area contributed by atoms with Gasteiger partial charge in [0.1, 0.15) is 5.69 Å². The van der Waals surface area contributed by atoms with Crippen molar-refractivity contribution in [3.8, 4) is 0 Å². The van der Waals surface area contributed by atoms with Crippen molar-refractivity contribution in [2.24, 2.45) is 0 Å². The Morgan fingerprint density at radius 3 is 3.06 bits per heavy atom. The van der Waals surface area contributed by atoms with Crippen LogP contribution in [0.25, 0.3) is 0 Å². The number of amides is 1. The first-order valence-corrected chi connectivity index (χ1v) is 7.74. The third-order valence-corrected chi connectivity index (χ3v) is 4.04. The highest BCUT2D eigenvalue weighted by Crippen LogP contribution is 2.14. The summed E-state index contributed by atoms with van der Waals surface area (Å²) < 4.78 is 0. The summed E-state index contributed by atoms with van der Waals surface area (Å²) >= 11 is 3.53. The molecule has 0 unspecified atom stereocenters. The maximum Gasteiger partial charge on any atom is 0.269 e. The van der Waals surface area contributed by atoms with Gasteiger partial charge >= 0.3 is 0 Å². The summed E-state index contributed by atoms with van der Waals surface area (Å²) in [7, 11) is 0. The van der Waals surface area contributed by atoms with E-state index < -0.39 is 0 Å². The van der Waals surface area contributed by atoms with E-state index in [1.54, 1.807) is 29.7 Å². The van der Waals surface area contributed by atoms with Gasteiger partial charge in [0.25, 0.3) is 5.91 Å². The third-order valence-electron chi connectivity index (χ3n) is 2.28. The summed E-state index contributed by atoms with van der Waals surface area (Å²) in [6.07, 6.45) is 1.63. The second-order valence-corrected chi connectivity index (χ2v) is 5.54. The molecule has 94 valence electrons. The smallest absolute Gasteiger partial charge is 0.269 e. The second kappa shape index (κ2) is 7.18. The van der Waals surface area contributed by atoms with Crippen LogP contribution in [0.1, 0.15) is 16.1 Å². The van der Waals surface area contributed by atoms with Crippen LogP contribution in [0, 0.1) is 0 Å². The molecule has 0 saturated heterocycles. The van der Waals surface area contributed by atoms with Crippen LogP contribution in [0.15, 0.2) is 41.2 Å². The molecule has 0 atom stereocenters. The van der Waals surface area contributed by atoms with Crippen LogP contribution in [0.3, 0.4) is 0 Å². The molecule has 0 aromatic carbocycles. The maximum absolute atomic E-state index is 11.7. The molecule has 18 heavy (non-hydrogen) atoms. The third kappa shape index (κ3) is 4.16. The minimum atomic E-state index is -0.105. The first-order chi connectivity index (χ1) is 8.86. The number of thiophene rings is 1. The SMILES string of the molecule is O=C(NCCSCc1ccsc1)c1ccccn1. The molecule has 3 nitrogen and oxygen atoms in total. The van der Waals surface area contributed by atoms with E-state index in [2.05, 4.69) is 27.1 Å². The highest BCUT2D eigenvalue weighted by Gasteiger charge is 2.04. The molecule has 0 saturated carbocycles. The number of carbonyl (C=O) groups excluding carboxylic acids is 1. The molecule has 0 spiro atoms. The molecule has 0 fully saturated rings. The van der Waals surface area contributed by atoms with Gasteiger partial charge in [0, 0.05) is 24.2 Å². The van der Waals surface area contributed by atoms with E-state index in [-0.39, 0.29) is 5.91 Å². The molecule has 2 heterocycles. The van der Waals surface area contributed by atoms with Crippen molar-refractivity contribution in [3.63, 3.8) is 0 Å². The van der Waals surface area contributed by atoms with Crippen LogP contribution in [-0.4, -0.2) is 23.2 Å². The number of aromatic nitrogens is 1. The van der Waals surface area contributed by atoms with E-state index in [0.717, 1.165) is 11.5 Å². The highest BCUT2D eigenvalue weighted by atomic mass is 32.2. The van der Waals surface area contributed by atoms with Crippen molar-refractivity contribution in [1.82, 2.24) is 10.3 Å². The highest BCUT2D eigenvalue weighted by molar-refractivity contribution is 7.98. The molecule has 0 aliphatic heterocycles. The first kappa shape index (κ1) is 13.1. The number of carbonyl (C=O) groups is 1. The van der Waals surface area contributed by atoms with Crippen molar-refractivity contribution in [1.29, 1.82) is 0 Å². The van der Waals surface area contributed by atoms with E-state index in [0.29, 0.717) is 12.2 Å². The number of nitrogens with zero attached hydrogens (tertiary/aromatic N) is 1. The summed E-state index contributed by atoms with van der Waals surface area (Å²) in [6, 6.07) is 7.46. The van der Waals surface area contributed by atoms with E-state index in [1.807, 2.05) is 17.8 Å². The Kier molecular flexibility index (Phi) is 5.23. The maximum atomic E-state index is 11.7. The van der Waals surface area contributed by atoms with Crippen LogP contribution < -0.4 is 5.32 Å². The quantitative estimate of drug-likeness (QED) is 0.826. The zero-order valence-corrected chi connectivity index (χ0v) is 11.5. The van der Waals surface area contributed by atoms with E-state index in [4.69, 9.17) is 0 Å². The van der Waals surface area contributed by atoms with Crippen LogP contribution in [0.2, 0.25) is 0 Å². The van der Waals surface area contributed by atoms with Gasteiger partial charge in [0.2, 0.25) is 0 Å². The predicted molar refractivity (Wildman–Crippen MR) is 77.1 cm³/mol. The Bertz CT molecular complexity index is 471. The molecular weight excluding hydrogens is 264 g/mol. The number of nitrogens with one attached hydrogen (secondary N) is 1. The number of rotatable bonds is 6. The number of hydrogen-bond acceptors (Lipinski definition) is 4. The van der Waals surface area contributed by atoms with E-state index in [1.165, 1.54) is 5.56 Å². The van der Waals surface area contributed by atoms with Crippen molar-refractivity contribution >= 4 is 29.0 Å². The molecular formula is C13H14N2OS2. The Morgan fingerprint density at radius 2 is 2.33 bits per heavy atom. The Labute approximate surface area is 115 Å². The molecule has 1 N–H and O–H groups in total. The fourth-order valence-corrected chi connectivity index (χ4v) is 2.97. The van der Waals surface area contributed by atoms with Crippen molar-refractivity contribution in [2.75, 3.05) is 12.3 Å². The lowest BCUT2D eigenvalue weighted by molar-refractivity contribution is 0.0951. The zero-order chi connectivity index (χ0) is 12.6. The molecule has 2 aromatic rings. The van der Waals surface area contributed by atoms with Crippen LogP contribution >= 0.6 is 23.1 Å². The van der Waals surface area contributed by atoms with Crippen LogP contribution in [0.5, 0.6) is 0 Å². The van der Waals surface area contributed by atoms with Crippen molar-refractivity contribution < 1.29 is 4.79 Å². The minimum Gasteiger partial charge on any atom is -0.350 e. The molecule has 0 aliphatic rings. The Morgan fingerprint density at radius 1 is 1.39 bits per heavy atom. The van der Waals surface area contributed by atoms with Gasteiger partial charge in [-0.1, -0.05) is 6.07 Å². The van der Waals surface area contributed by atoms with Crippen LogP contribution in [-0.2, 0) is 5.75 Å². The average Bonchev–Trinajstić information content (AvgIpc) is 2.92. The number of thioether (sulfide) groups is 1. The second-order valence-electron chi connectivity index (χ2n) is 3.66. The van der Waals surface area contributed by atoms with Gasteiger partial charge in [-0.3, -0.25) is 9.78 Å². The molecule has 1 amide bonds. The Balaban J connectivity index is 1.62. The fourth-order valence-electron chi connectivity index (χ4n) is 1.39. The topological polar surface area (TPSA) is 42.0 Å². The molecule has 0 bridgehead atoms. The molecule has 0 radical (unpaired) electrons. The average molecular weight is 278 g/mol. The lowest BCUT2D eigenvalue weighted by atomic mass is 10.3.